The van der Waals surface area contributed by atoms with Crippen LogP contribution in [0.3, 0.4) is 0 Å². The first-order valence-corrected chi connectivity index (χ1v) is 6.52. The van der Waals surface area contributed by atoms with Gasteiger partial charge in [-0.1, -0.05) is 17.7 Å². The number of rotatable bonds is 6. The zero-order valence-electron chi connectivity index (χ0n) is 11.6. The predicted molar refractivity (Wildman–Crippen MR) is 76.2 cm³/mol. The van der Waals surface area contributed by atoms with Crippen molar-refractivity contribution in [3.8, 4) is 0 Å². The Hall–Kier alpha value is -1.66. The fourth-order valence-electron chi connectivity index (χ4n) is 1.56. The maximum Gasteiger partial charge on any atom is 0.288 e. The zero-order valence-corrected chi connectivity index (χ0v) is 12.4. The highest BCUT2D eigenvalue weighted by atomic mass is 35.5. The first-order valence-electron chi connectivity index (χ1n) is 6.14. The molecular formula is C13H17ClN2O4. The van der Waals surface area contributed by atoms with E-state index in [9.17, 15) is 14.9 Å². The summed E-state index contributed by atoms with van der Waals surface area (Å²) in [5, 5.41) is 10.6. The van der Waals surface area contributed by atoms with E-state index in [1.54, 1.807) is 7.05 Å². The molecule has 0 aromatic heterocycles. The molecule has 0 spiro atoms. The van der Waals surface area contributed by atoms with Crippen LogP contribution in [0.2, 0.25) is 5.02 Å². The second-order valence-corrected chi connectivity index (χ2v) is 4.92. The van der Waals surface area contributed by atoms with Crippen molar-refractivity contribution in [2.75, 3.05) is 20.2 Å². The van der Waals surface area contributed by atoms with Gasteiger partial charge in [0.15, 0.2) is 0 Å². The second kappa shape index (κ2) is 7.21. The van der Waals surface area contributed by atoms with Gasteiger partial charge in [0.25, 0.3) is 11.6 Å². The number of halogens is 1. The number of carbonyl (C=O) groups is 1. The largest absolute Gasteiger partial charge is 0.377 e. The van der Waals surface area contributed by atoms with Crippen LogP contribution in [0.4, 0.5) is 5.69 Å². The minimum Gasteiger partial charge on any atom is -0.377 e. The van der Waals surface area contributed by atoms with Gasteiger partial charge in [-0.2, -0.15) is 0 Å². The van der Waals surface area contributed by atoms with E-state index in [0.717, 1.165) is 0 Å². The average Bonchev–Trinajstić information content (AvgIpc) is 2.37. The minimum absolute atomic E-state index is 0.0832. The highest BCUT2D eigenvalue weighted by molar-refractivity contribution is 6.35. The number of nitro groups is 1. The number of hydrogen-bond acceptors (Lipinski definition) is 4. The van der Waals surface area contributed by atoms with Gasteiger partial charge in [-0.05, 0) is 19.9 Å². The summed E-state index contributed by atoms with van der Waals surface area (Å²) in [6.07, 6.45) is 0.0832. The van der Waals surface area contributed by atoms with Crippen LogP contribution in [0.5, 0.6) is 0 Å². The Morgan fingerprint density at radius 1 is 1.50 bits per heavy atom. The Bertz CT molecular complexity index is 505. The van der Waals surface area contributed by atoms with Gasteiger partial charge in [0.2, 0.25) is 0 Å². The van der Waals surface area contributed by atoms with Gasteiger partial charge in [0.1, 0.15) is 5.02 Å². The summed E-state index contributed by atoms with van der Waals surface area (Å²) in [5.74, 6) is -0.369. The van der Waals surface area contributed by atoms with Gasteiger partial charge in [-0.25, -0.2) is 0 Å². The molecule has 0 bridgehead atoms. The standard InChI is InChI=1S/C13H17ClN2O4/c1-9(2)20-8-7-15(3)13(17)10-5-4-6-11(12(10)14)16(18)19/h4-6,9H,7-8H2,1-3H3. The van der Waals surface area contributed by atoms with Gasteiger partial charge in [-0.15, -0.1) is 0 Å². The number of ether oxygens (including phenoxy) is 1. The molecule has 0 fully saturated rings. The van der Waals surface area contributed by atoms with Crippen molar-refractivity contribution in [3.63, 3.8) is 0 Å². The van der Waals surface area contributed by atoms with Crippen LogP contribution in [-0.4, -0.2) is 42.0 Å². The van der Waals surface area contributed by atoms with E-state index >= 15 is 0 Å². The summed E-state index contributed by atoms with van der Waals surface area (Å²) >= 11 is 5.91. The first kappa shape index (κ1) is 16.4. The molecule has 0 radical (unpaired) electrons. The Labute approximate surface area is 122 Å². The first-order chi connectivity index (χ1) is 9.34. The summed E-state index contributed by atoms with van der Waals surface area (Å²) in [6, 6.07) is 4.17. The lowest BCUT2D eigenvalue weighted by Crippen LogP contribution is -2.31. The number of nitro benzene ring substituents is 1. The molecule has 1 aromatic rings. The molecule has 0 aliphatic heterocycles. The molecular weight excluding hydrogens is 284 g/mol. The van der Waals surface area contributed by atoms with Gasteiger partial charge in [0, 0.05) is 19.7 Å². The Morgan fingerprint density at radius 3 is 2.70 bits per heavy atom. The van der Waals surface area contributed by atoms with E-state index in [1.807, 2.05) is 13.8 Å². The van der Waals surface area contributed by atoms with Crippen molar-refractivity contribution >= 4 is 23.2 Å². The normalized spacial score (nSPS) is 10.7. The van der Waals surface area contributed by atoms with Crippen LogP contribution < -0.4 is 0 Å². The molecule has 1 rings (SSSR count). The zero-order chi connectivity index (χ0) is 15.3. The lowest BCUT2D eigenvalue weighted by Gasteiger charge is -2.18. The summed E-state index contributed by atoms with van der Waals surface area (Å²) in [6.45, 7) is 4.58. The maximum absolute atomic E-state index is 12.2. The van der Waals surface area contributed by atoms with Crippen LogP contribution in [0.1, 0.15) is 24.2 Å². The van der Waals surface area contributed by atoms with Gasteiger partial charge in [-0.3, -0.25) is 14.9 Å². The Morgan fingerprint density at radius 2 is 2.15 bits per heavy atom. The summed E-state index contributed by atoms with van der Waals surface area (Å²) < 4.78 is 5.36. The Balaban J connectivity index is 2.81. The van der Waals surface area contributed by atoms with E-state index < -0.39 is 4.92 Å². The van der Waals surface area contributed by atoms with Gasteiger partial charge >= 0.3 is 0 Å². The van der Waals surface area contributed by atoms with Crippen molar-refractivity contribution in [2.45, 2.75) is 20.0 Å². The summed E-state index contributed by atoms with van der Waals surface area (Å²) in [7, 11) is 1.60. The molecule has 0 unspecified atom stereocenters. The second-order valence-electron chi connectivity index (χ2n) is 4.54. The molecule has 0 N–H and O–H groups in total. The maximum atomic E-state index is 12.2. The van der Waals surface area contributed by atoms with Crippen molar-refractivity contribution in [1.29, 1.82) is 0 Å². The molecule has 20 heavy (non-hydrogen) atoms. The molecule has 0 aliphatic rings. The van der Waals surface area contributed by atoms with Crippen LogP contribution >= 0.6 is 11.6 Å². The molecule has 0 heterocycles. The van der Waals surface area contributed by atoms with E-state index in [2.05, 4.69) is 0 Å². The van der Waals surface area contributed by atoms with Gasteiger partial charge in [0.05, 0.1) is 23.2 Å². The molecule has 1 aromatic carbocycles. The lowest BCUT2D eigenvalue weighted by molar-refractivity contribution is -0.384. The third-order valence-corrected chi connectivity index (χ3v) is 3.03. The molecule has 6 nitrogen and oxygen atoms in total. The molecule has 0 atom stereocenters. The number of carbonyl (C=O) groups excluding carboxylic acids is 1. The van der Waals surface area contributed by atoms with E-state index in [-0.39, 0.29) is 28.3 Å². The van der Waals surface area contributed by atoms with Crippen molar-refractivity contribution in [2.24, 2.45) is 0 Å². The average molecular weight is 301 g/mol. The summed E-state index contributed by atoms with van der Waals surface area (Å²) in [4.78, 5) is 23.8. The smallest absolute Gasteiger partial charge is 0.288 e. The third kappa shape index (κ3) is 4.18. The third-order valence-electron chi connectivity index (χ3n) is 2.63. The van der Waals surface area contributed by atoms with Crippen LogP contribution in [0.25, 0.3) is 0 Å². The topological polar surface area (TPSA) is 72.7 Å². The van der Waals surface area contributed by atoms with E-state index in [4.69, 9.17) is 16.3 Å². The van der Waals surface area contributed by atoms with E-state index in [0.29, 0.717) is 13.2 Å². The molecule has 0 saturated carbocycles. The van der Waals surface area contributed by atoms with Crippen molar-refractivity contribution in [1.82, 2.24) is 4.90 Å². The van der Waals surface area contributed by atoms with E-state index in [1.165, 1.54) is 23.1 Å². The highest BCUT2D eigenvalue weighted by Crippen LogP contribution is 2.28. The molecule has 0 aliphatic carbocycles. The number of likely N-dealkylation sites (N-methyl/N-ethyl adjacent to an activating group) is 1. The number of nitrogens with zero attached hydrogens (tertiary/aromatic N) is 2. The lowest BCUT2D eigenvalue weighted by atomic mass is 10.1. The van der Waals surface area contributed by atoms with Crippen LogP contribution in [-0.2, 0) is 4.74 Å². The predicted octanol–water partition coefficient (Wildman–Crippen LogP) is 2.75. The highest BCUT2D eigenvalue weighted by Gasteiger charge is 2.22. The SMILES string of the molecule is CC(C)OCCN(C)C(=O)c1cccc([N+](=O)[O-])c1Cl. The summed E-state index contributed by atoms with van der Waals surface area (Å²) in [5.41, 5.74) is -0.155. The molecule has 1 amide bonds. The quantitative estimate of drug-likeness (QED) is 0.598. The number of amides is 1. The number of benzene rings is 1. The Kier molecular flexibility index (Phi) is 5.91. The van der Waals surface area contributed by atoms with Crippen LogP contribution in [0.15, 0.2) is 18.2 Å². The monoisotopic (exact) mass is 300 g/mol. The van der Waals surface area contributed by atoms with Crippen molar-refractivity contribution < 1.29 is 14.5 Å². The fourth-order valence-corrected chi connectivity index (χ4v) is 1.83. The molecule has 0 saturated heterocycles. The fraction of sp³-hybridized carbons (Fsp3) is 0.462. The van der Waals surface area contributed by atoms with Crippen LogP contribution in [0, 0.1) is 10.1 Å². The van der Waals surface area contributed by atoms with Gasteiger partial charge < -0.3 is 9.64 Å². The number of hydrogen-bond donors (Lipinski definition) is 0. The molecule has 110 valence electrons. The minimum atomic E-state index is -0.610. The molecule has 7 heteroatoms. The van der Waals surface area contributed by atoms with Crippen molar-refractivity contribution in [3.05, 3.63) is 38.9 Å².